The second-order valence-corrected chi connectivity index (χ2v) is 4.22. The standard InChI is InChI=1S/C12H12N4O/c1-8(2)12-15-14-11-4-3-9(6-16(11)12)10-5-13-7-17-10/h3-8H,1-2H3. The number of aromatic nitrogens is 4. The minimum absolute atomic E-state index is 0.329. The molecule has 0 saturated heterocycles. The first kappa shape index (κ1) is 10.0. The maximum atomic E-state index is 5.28. The minimum atomic E-state index is 0.329. The molecule has 0 unspecified atom stereocenters. The highest BCUT2D eigenvalue weighted by Gasteiger charge is 2.10. The predicted octanol–water partition coefficient (Wildman–Crippen LogP) is 2.51. The molecular formula is C12H12N4O. The van der Waals surface area contributed by atoms with Gasteiger partial charge in [-0.1, -0.05) is 13.8 Å². The fourth-order valence-corrected chi connectivity index (χ4v) is 1.81. The normalized spacial score (nSPS) is 11.5. The summed E-state index contributed by atoms with van der Waals surface area (Å²) >= 11 is 0. The van der Waals surface area contributed by atoms with E-state index in [2.05, 4.69) is 29.0 Å². The van der Waals surface area contributed by atoms with Crippen molar-refractivity contribution in [3.8, 4) is 11.3 Å². The van der Waals surface area contributed by atoms with E-state index in [9.17, 15) is 0 Å². The van der Waals surface area contributed by atoms with Gasteiger partial charge in [0, 0.05) is 17.7 Å². The van der Waals surface area contributed by atoms with E-state index in [1.54, 1.807) is 6.20 Å². The van der Waals surface area contributed by atoms with Crippen LogP contribution in [0.3, 0.4) is 0 Å². The van der Waals surface area contributed by atoms with Crippen LogP contribution in [-0.2, 0) is 0 Å². The van der Waals surface area contributed by atoms with Crippen molar-refractivity contribution in [2.24, 2.45) is 0 Å². The van der Waals surface area contributed by atoms with Crippen LogP contribution in [0.1, 0.15) is 25.6 Å². The second-order valence-electron chi connectivity index (χ2n) is 4.22. The molecule has 0 aliphatic carbocycles. The molecule has 3 heterocycles. The van der Waals surface area contributed by atoms with Crippen molar-refractivity contribution < 1.29 is 4.42 Å². The Morgan fingerprint density at radius 3 is 2.82 bits per heavy atom. The molecule has 0 aliphatic heterocycles. The smallest absolute Gasteiger partial charge is 0.181 e. The zero-order valence-corrected chi connectivity index (χ0v) is 9.66. The fraction of sp³-hybridized carbons (Fsp3) is 0.250. The van der Waals surface area contributed by atoms with E-state index in [-0.39, 0.29) is 0 Å². The first-order valence-electron chi connectivity index (χ1n) is 5.49. The van der Waals surface area contributed by atoms with Crippen LogP contribution in [-0.4, -0.2) is 19.6 Å². The lowest BCUT2D eigenvalue weighted by Gasteiger charge is -2.03. The fourth-order valence-electron chi connectivity index (χ4n) is 1.81. The number of oxazole rings is 1. The van der Waals surface area contributed by atoms with Gasteiger partial charge in [-0.15, -0.1) is 10.2 Å². The average molecular weight is 228 g/mol. The quantitative estimate of drug-likeness (QED) is 0.676. The van der Waals surface area contributed by atoms with E-state index in [0.29, 0.717) is 5.92 Å². The number of hydrogen-bond donors (Lipinski definition) is 0. The maximum Gasteiger partial charge on any atom is 0.181 e. The van der Waals surface area contributed by atoms with Crippen molar-refractivity contribution >= 4 is 5.65 Å². The summed E-state index contributed by atoms with van der Waals surface area (Å²) < 4.78 is 7.27. The summed E-state index contributed by atoms with van der Waals surface area (Å²) in [7, 11) is 0. The molecule has 0 bridgehead atoms. The Morgan fingerprint density at radius 2 is 2.12 bits per heavy atom. The third-order valence-electron chi connectivity index (χ3n) is 2.66. The van der Waals surface area contributed by atoms with Gasteiger partial charge in [-0.05, 0) is 12.1 Å². The van der Waals surface area contributed by atoms with Crippen LogP contribution in [0.25, 0.3) is 17.0 Å². The van der Waals surface area contributed by atoms with Gasteiger partial charge in [-0.3, -0.25) is 4.40 Å². The maximum absolute atomic E-state index is 5.28. The number of hydrogen-bond acceptors (Lipinski definition) is 4. The first-order valence-corrected chi connectivity index (χ1v) is 5.49. The summed E-state index contributed by atoms with van der Waals surface area (Å²) in [5.74, 6) is 2.02. The number of rotatable bonds is 2. The second kappa shape index (κ2) is 3.69. The third-order valence-corrected chi connectivity index (χ3v) is 2.66. The van der Waals surface area contributed by atoms with Gasteiger partial charge in [0.15, 0.2) is 17.8 Å². The van der Waals surface area contributed by atoms with E-state index in [1.165, 1.54) is 6.39 Å². The molecule has 0 aliphatic rings. The highest BCUT2D eigenvalue weighted by molar-refractivity contribution is 5.58. The molecule has 5 nitrogen and oxygen atoms in total. The Bertz CT molecular complexity index is 640. The number of pyridine rings is 1. The largest absolute Gasteiger partial charge is 0.443 e. The summed E-state index contributed by atoms with van der Waals surface area (Å²) in [6.45, 7) is 4.19. The summed E-state index contributed by atoms with van der Waals surface area (Å²) in [6.07, 6.45) is 5.10. The van der Waals surface area contributed by atoms with Crippen LogP contribution >= 0.6 is 0 Å². The lowest BCUT2D eigenvalue weighted by molar-refractivity contribution is 0.571. The van der Waals surface area contributed by atoms with Crippen LogP contribution in [0.5, 0.6) is 0 Å². The molecule has 86 valence electrons. The van der Waals surface area contributed by atoms with Gasteiger partial charge in [0.2, 0.25) is 0 Å². The number of fused-ring (bicyclic) bond motifs is 1. The predicted molar refractivity (Wildman–Crippen MR) is 62.6 cm³/mol. The minimum Gasteiger partial charge on any atom is -0.443 e. The zero-order valence-electron chi connectivity index (χ0n) is 9.66. The van der Waals surface area contributed by atoms with Crippen molar-refractivity contribution in [3.05, 3.63) is 36.7 Å². The molecule has 3 aromatic rings. The van der Waals surface area contributed by atoms with E-state index in [4.69, 9.17) is 4.42 Å². The summed E-state index contributed by atoms with van der Waals surface area (Å²) in [5.41, 5.74) is 1.81. The first-order chi connectivity index (χ1) is 8.25. The lowest BCUT2D eigenvalue weighted by Crippen LogP contribution is -1.96. The highest BCUT2D eigenvalue weighted by Crippen LogP contribution is 2.21. The highest BCUT2D eigenvalue weighted by atomic mass is 16.3. The van der Waals surface area contributed by atoms with Crippen molar-refractivity contribution in [2.75, 3.05) is 0 Å². The summed E-state index contributed by atoms with van der Waals surface area (Å²) in [5, 5.41) is 8.31. The molecule has 0 atom stereocenters. The molecule has 3 rings (SSSR count). The van der Waals surface area contributed by atoms with Gasteiger partial charge >= 0.3 is 0 Å². The van der Waals surface area contributed by atoms with Gasteiger partial charge in [0.1, 0.15) is 5.82 Å². The van der Waals surface area contributed by atoms with Gasteiger partial charge in [0.25, 0.3) is 0 Å². The van der Waals surface area contributed by atoms with E-state index >= 15 is 0 Å². The zero-order chi connectivity index (χ0) is 11.8. The van der Waals surface area contributed by atoms with Crippen LogP contribution in [0.15, 0.2) is 35.3 Å². The Morgan fingerprint density at radius 1 is 1.24 bits per heavy atom. The topological polar surface area (TPSA) is 56.2 Å². The molecular weight excluding hydrogens is 216 g/mol. The number of nitrogens with zero attached hydrogens (tertiary/aromatic N) is 4. The van der Waals surface area contributed by atoms with Crippen molar-refractivity contribution in [2.45, 2.75) is 19.8 Å². The molecule has 5 heteroatoms. The average Bonchev–Trinajstić information content (AvgIpc) is 2.97. The Kier molecular flexibility index (Phi) is 2.18. The van der Waals surface area contributed by atoms with Gasteiger partial charge < -0.3 is 4.42 Å². The van der Waals surface area contributed by atoms with Crippen molar-refractivity contribution in [3.63, 3.8) is 0 Å². The van der Waals surface area contributed by atoms with Gasteiger partial charge in [-0.25, -0.2) is 4.98 Å². The van der Waals surface area contributed by atoms with Crippen LogP contribution < -0.4 is 0 Å². The van der Waals surface area contributed by atoms with Crippen LogP contribution in [0, 0.1) is 0 Å². The SMILES string of the molecule is CC(C)c1nnc2ccc(-c3cnco3)cn12. The Labute approximate surface area is 98.1 Å². The van der Waals surface area contributed by atoms with Crippen LogP contribution in [0.2, 0.25) is 0 Å². The Hall–Kier alpha value is -2.17. The van der Waals surface area contributed by atoms with Crippen LogP contribution in [0.4, 0.5) is 0 Å². The molecule has 3 aromatic heterocycles. The molecule has 0 N–H and O–H groups in total. The molecule has 0 aromatic carbocycles. The van der Waals surface area contributed by atoms with Crippen molar-refractivity contribution in [1.82, 2.24) is 19.6 Å². The van der Waals surface area contributed by atoms with E-state index < -0.39 is 0 Å². The third kappa shape index (κ3) is 1.60. The molecule has 17 heavy (non-hydrogen) atoms. The lowest BCUT2D eigenvalue weighted by atomic mass is 10.2. The molecule has 0 radical (unpaired) electrons. The Balaban J connectivity index is 2.20. The van der Waals surface area contributed by atoms with Crippen molar-refractivity contribution in [1.29, 1.82) is 0 Å². The molecule has 0 amide bonds. The monoisotopic (exact) mass is 228 g/mol. The van der Waals surface area contributed by atoms with Gasteiger partial charge in [-0.2, -0.15) is 0 Å². The van der Waals surface area contributed by atoms with E-state index in [0.717, 1.165) is 22.8 Å². The summed E-state index contributed by atoms with van der Waals surface area (Å²) in [4.78, 5) is 3.92. The molecule has 0 saturated carbocycles. The molecule has 0 fully saturated rings. The molecule has 0 spiro atoms. The summed E-state index contributed by atoms with van der Waals surface area (Å²) in [6, 6.07) is 3.88. The van der Waals surface area contributed by atoms with Gasteiger partial charge in [0.05, 0.1) is 6.20 Å². The van der Waals surface area contributed by atoms with E-state index in [1.807, 2.05) is 22.7 Å².